The number of ether oxygens (including phenoxy) is 1. The van der Waals surface area contributed by atoms with E-state index in [-0.39, 0.29) is 11.9 Å². The van der Waals surface area contributed by atoms with E-state index in [1.54, 1.807) is 6.07 Å². The van der Waals surface area contributed by atoms with Crippen molar-refractivity contribution in [2.24, 2.45) is 0 Å². The van der Waals surface area contributed by atoms with Gasteiger partial charge in [0.15, 0.2) is 11.6 Å². The molecule has 0 aliphatic heterocycles. The third kappa shape index (κ3) is 3.23. The average Bonchev–Trinajstić information content (AvgIpc) is 2.38. The summed E-state index contributed by atoms with van der Waals surface area (Å²) in [4.78, 5) is 0. The standard InChI is InChI=1S/C15H22FNOS/c1-11(17-10-15(19-3)7-4-8-15)12-5-6-13(16)14(9-12)18-2/h5-6,9,11,17H,4,7-8,10H2,1-3H3. The molecule has 1 saturated carbocycles. The summed E-state index contributed by atoms with van der Waals surface area (Å²) in [5.74, 6) is 0.00685. The molecule has 0 aromatic heterocycles. The molecule has 1 aliphatic rings. The molecule has 0 radical (unpaired) electrons. The monoisotopic (exact) mass is 283 g/mol. The molecule has 0 heterocycles. The van der Waals surface area contributed by atoms with E-state index in [1.807, 2.05) is 17.8 Å². The van der Waals surface area contributed by atoms with Gasteiger partial charge in [0, 0.05) is 17.3 Å². The third-order valence-electron chi connectivity index (χ3n) is 4.10. The molecule has 0 amide bonds. The van der Waals surface area contributed by atoms with E-state index in [9.17, 15) is 4.39 Å². The minimum absolute atomic E-state index is 0.208. The highest BCUT2D eigenvalue weighted by molar-refractivity contribution is 8.00. The largest absolute Gasteiger partial charge is 0.494 e. The van der Waals surface area contributed by atoms with Gasteiger partial charge in [0.2, 0.25) is 0 Å². The second-order valence-electron chi connectivity index (χ2n) is 5.24. The average molecular weight is 283 g/mol. The Hall–Kier alpha value is -0.740. The molecule has 19 heavy (non-hydrogen) atoms. The summed E-state index contributed by atoms with van der Waals surface area (Å²) in [5.41, 5.74) is 1.06. The lowest BCUT2D eigenvalue weighted by Gasteiger charge is -2.41. The van der Waals surface area contributed by atoms with Gasteiger partial charge in [0.25, 0.3) is 0 Å². The Kier molecular flexibility index (Phi) is 4.74. The second kappa shape index (κ2) is 6.14. The quantitative estimate of drug-likeness (QED) is 0.858. The number of rotatable bonds is 6. The van der Waals surface area contributed by atoms with Gasteiger partial charge in [-0.25, -0.2) is 4.39 Å². The molecule has 1 fully saturated rings. The van der Waals surface area contributed by atoms with Crippen LogP contribution in [0.25, 0.3) is 0 Å². The van der Waals surface area contributed by atoms with Gasteiger partial charge < -0.3 is 10.1 Å². The van der Waals surface area contributed by atoms with Crippen LogP contribution in [0.2, 0.25) is 0 Å². The summed E-state index contributed by atoms with van der Waals surface area (Å²) in [6.45, 7) is 3.12. The Bertz CT molecular complexity index is 429. The van der Waals surface area contributed by atoms with E-state index < -0.39 is 0 Å². The summed E-state index contributed by atoms with van der Waals surface area (Å²) in [5, 5.41) is 3.56. The van der Waals surface area contributed by atoms with E-state index in [4.69, 9.17) is 4.74 Å². The first-order chi connectivity index (χ1) is 9.10. The Labute approximate surface area is 119 Å². The molecule has 2 nitrogen and oxygen atoms in total. The first kappa shape index (κ1) is 14.7. The van der Waals surface area contributed by atoms with Gasteiger partial charge in [-0.2, -0.15) is 11.8 Å². The highest BCUT2D eigenvalue weighted by Crippen LogP contribution is 2.42. The van der Waals surface area contributed by atoms with Crippen LogP contribution in [0, 0.1) is 5.82 Å². The van der Waals surface area contributed by atoms with E-state index in [2.05, 4.69) is 18.5 Å². The van der Waals surface area contributed by atoms with Crippen LogP contribution in [0.3, 0.4) is 0 Å². The summed E-state index contributed by atoms with van der Waals surface area (Å²) < 4.78 is 18.8. The van der Waals surface area contributed by atoms with Crippen molar-refractivity contribution in [1.82, 2.24) is 5.32 Å². The molecule has 106 valence electrons. The summed E-state index contributed by atoms with van der Waals surface area (Å²) >= 11 is 1.96. The van der Waals surface area contributed by atoms with Crippen LogP contribution in [0.1, 0.15) is 37.8 Å². The fourth-order valence-corrected chi connectivity index (χ4v) is 3.35. The summed E-state index contributed by atoms with van der Waals surface area (Å²) in [7, 11) is 1.50. The van der Waals surface area contributed by atoms with Crippen molar-refractivity contribution in [1.29, 1.82) is 0 Å². The number of hydrogen-bond acceptors (Lipinski definition) is 3. The number of methoxy groups -OCH3 is 1. The molecule has 1 aromatic rings. The Balaban J connectivity index is 1.97. The van der Waals surface area contributed by atoms with Gasteiger partial charge in [0.1, 0.15) is 0 Å². The topological polar surface area (TPSA) is 21.3 Å². The lowest BCUT2D eigenvalue weighted by molar-refractivity contribution is 0.334. The normalized spacial score (nSPS) is 18.7. The van der Waals surface area contributed by atoms with Crippen LogP contribution >= 0.6 is 11.8 Å². The SMILES string of the molecule is COc1cc(C(C)NCC2(SC)CCC2)ccc1F. The zero-order valence-corrected chi connectivity index (χ0v) is 12.6. The van der Waals surface area contributed by atoms with Gasteiger partial charge >= 0.3 is 0 Å². The molecule has 0 bridgehead atoms. The van der Waals surface area contributed by atoms with Crippen molar-refractivity contribution in [2.45, 2.75) is 37.0 Å². The summed E-state index contributed by atoms with van der Waals surface area (Å²) in [6.07, 6.45) is 6.11. The van der Waals surface area contributed by atoms with Gasteiger partial charge in [0.05, 0.1) is 7.11 Å². The lowest BCUT2D eigenvalue weighted by Crippen LogP contribution is -2.44. The van der Waals surface area contributed by atoms with Gasteiger partial charge in [-0.3, -0.25) is 0 Å². The lowest BCUT2D eigenvalue weighted by atomic mass is 9.84. The molecule has 1 N–H and O–H groups in total. The van der Waals surface area contributed by atoms with Crippen molar-refractivity contribution in [3.05, 3.63) is 29.6 Å². The van der Waals surface area contributed by atoms with E-state index >= 15 is 0 Å². The maximum atomic E-state index is 13.4. The zero-order chi connectivity index (χ0) is 13.9. The maximum absolute atomic E-state index is 13.4. The predicted molar refractivity (Wildman–Crippen MR) is 79.5 cm³/mol. The molecule has 0 saturated heterocycles. The van der Waals surface area contributed by atoms with Gasteiger partial charge in [-0.1, -0.05) is 12.5 Å². The smallest absolute Gasteiger partial charge is 0.165 e. The van der Waals surface area contributed by atoms with E-state index in [0.717, 1.165) is 12.1 Å². The minimum Gasteiger partial charge on any atom is -0.494 e. The fraction of sp³-hybridized carbons (Fsp3) is 0.600. The van der Waals surface area contributed by atoms with E-state index in [0.29, 0.717) is 10.5 Å². The van der Waals surface area contributed by atoms with Crippen LogP contribution in [0.4, 0.5) is 4.39 Å². The molecular weight excluding hydrogens is 261 g/mol. The maximum Gasteiger partial charge on any atom is 0.165 e. The molecule has 1 aromatic carbocycles. The van der Waals surface area contributed by atoms with Crippen LogP contribution in [-0.4, -0.2) is 24.7 Å². The number of benzene rings is 1. The molecule has 1 aliphatic carbocycles. The van der Waals surface area contributed by atoms with E-state index in [1.165, 1.54) is 32.4 Å². The Morgan fingerprint density at radius 1 is 1.47 bits per heavy atom. The van der Waals surface area contributed by atoms with Crippen molar-refractivity contribution < 1.29 is 9.13 Å². The van der Waals surface area contributed by atoms with Crippen molar-refractivity contribution in [3.8, 4) is 5.75 Å². The van der Waals surface area contributed by atoms with Crippen LogP contribution < -0.4 is 10.1 Å². The number of halogens is 1. The minimum atomic E-state index is -0.307. The molecule has 1 atom stereocenters. The van der Waals surface area contributed by atoms with Crippen LogP contribution in [-0.2, 0) is 0 Å². The fourth-order valence-electron chi connectivity index (χ4n) is 2.43. The van der Waals surface area contributed by atoms with Crippen molar-refractivity contribution in [2.75, 3.05) is 19.9 Å². The number of nitrogens with one attached hydrogen (secondary N) is 1. The first-order valence-electron chi connectivity index (χ1n) is 6.72. The summed E-state index contributed by atoms with van der Waals surface area (Å²) in [6, 6.07) is 5.28. The third-order valence-corrected chi connectivity index (χ3v) is 5.52. The molecule has 0 spiro atoms. The van der Waals surface area contributed by atoms with Crippen LogP contribution in [0.15, 0.2) is 18.2 Å². The highest BCUT2D eigenvalue weighted by atomic mass is 32.2. The Morgan fingerprint density at radius 3 is 2.74 bits per heavy atom. The highest BCUT2D eigenvalue weighted by Gasteiger charge is 2.35. The van der Waals surface area contributed by atoms with Crippen molar-refractivity contribution in [3.63, 3.8) is 0 Å². The zero-order valence-electron chi connectivity index (χ0n) is 11.8. The molecule has 4 heteroatoms. The molecular formula is C15H22FNOS. The second-order valence-corrected chi connectivity index (χ2v) is 6.51. The van der Waals surface area contributed by atoms with Gasteiger partial charge in [-0.05, 0) is 43.7 Å². The first-order valence-corrected chi connectivity index (χ1v) is 7.95. The Morgan fingerprint density at radius 2 is 2.21 bits per heavy atom. The van der Waals surface area contributed by atoms with Gasteiger partial charge in [-0.15, -0.1) is 0 Å². The molecule has 2 rings (SSSR count). The number of thioether (sulfide) groups is 1. The molecule has 1 unspecified atom stereocenters. The number of hydrogen-bond donors (Lipinski definition) is 1. The van der Waals surface area contributed by atoms with Crippen LogP contribution in [0.5, 0.6) is 5.75 Å². The van der Waals surface area contributed by atoms with Crippen molar-refractivity contribution >= 4 is 11.8 Å². The predicted octanol–water partition coefficient (Wildman–Crippen LogP) is 3.77.